The van der Waals surface area contributed by atoms with Gasteiger partial charge in [0.2, 0.25) is 10.0 Å². The van der Waals surface area contributed by atoms with Crippen LogP contribution < -0.4 is 5.32 Å². The Labute approximate surface area is 176 Å². The molecule has 2 rings (SSSR count). The minimum Gasteiger partial charge on any atom is -0.355 e. The Bertz CT molecular complexity index is 617. The summed E-state index contributed by atoms with van der Waals surface area (Å²) in [6, 6.07) is 4.18. The Morgan fingerprint density at radius 3 is 2.72 bits per heavy atom. The van der Waals surface area contributed by atoms with E-state index in [0.29, 0.717) is 19.6 Å². The van der Waals surface area contributed by atoms with E-state index in [2.05, 4.69) is 27.8 Å². The molecule has 0 unspecified atom stereocenters. The van der Waals surface area contributed by atoms with E-state index in [1.54, 1.807) is 22.7 Å². The topological polar surface area (TPSA) is 65.0 Å². The van der Waals surface area contributed by atoms with Crippen molar-refractivity contribution in [3.05, 3.63) is 22.4 Å². The van der Waals surface area contributed by atoms with Crippen LogP contribution in [0.1, 0.15) is 4.88 Å². The van der Waals surface area contributed by atoms with Gasteiger partial charge in [0.25, 0.3) is 0 Å². The van der Waals surface area contributed by atoms with Gasteiger partial charge in [-0.2, -0.15) is 11.8 Å². The first kappa shape index (κ1) is 23.0. The highest BCUT2D eigenvalue weighted by Gasteiger charge is 2.23. The highest BCUT2D eigenvalue weighted by atomic mass is 127. The molecule has 1 aromatic heterocycles. The highest BCUT2D eigenvalue weighted by Crippen LogP contribution is 2.13. The number of guanidine groups is 1. The Hall–Kier alpha value is -0.0400. The van der Waals surface area contributed by atoms with Crippen LogP contribution in [0, 0.1) is 0 Å². The molecule has 0 atom stereocenters. The van der Waals surface area contributed by atoms with Gasteiger partial charge in [-0.15, -0.1) is 35.3 Å². The number of thioether (sulfide) groups is 1. The van der Waals surface area contributed by atoms with Gasteiger partial charge in [0.1, 0.15) is 0 Å². The lowest BCUT2D eigenvalue weighted by Crippen LogP contribution is -2.45. The lowest BCUT2D eigenvalue weighted by Gasteiger charge is -2.26. The lowest BCUT2D eigenvalue weighted by molar-refractivity contribution is 0.442. The van der Waals surface area contributed by atoms with Crippen LogP contribution in [0.15, 0.2) is 22.5 Å². The molecule has 10 heteroatoms. The molecule has 1 fully saturated rings. The maximum Gasteiger partial charge on any atom is 0.215 e. The second kappa shape index (κ2) is 11.6. The molecule has 1 saturated heterocycles. The summed E-state index contributed by atoms with van der Waals surface area (Å²) in [5.74, 6) is 2.62. The molecule has 2 heterocycles. The zero-order valence-electron chi connectivity index (χ0n) is 14.7. The normalized spacial score (nSPS) is 16.3. The summed E-state index contributed by atoms with van der Waals surface area (Å²) in [4.78, 5) is 7.61. The molecule has 6 nitrogen and oxygen atoms in total. The molecule has 25 heavy (non-hydrogen) atoms. The number of likely N-dealkylation sites (N-methyl/N-ethyl adjacent to an activating group) is 1. The maximum absolute atomic E-state index is 12.3. The fourth-order valence-corrected chi connectivity index (χ4v) is 5.66. The minimum absolute atomic E-state index is 0. The molecule has 0 spiro atoms. The fraction of sp³-hybridized carbons (Fsp3) is 0.667. The largest absolute Gasteiger partial charge is 0.355 e. The molecule has 0 aliphatic carbocycles. The summed E-state index contributed by atoms with van der Waals surface area (Å²) in [6.07, 6.45) is 0.957. The SMILES string of the molecule is CN=C(NCCS(=O)(=O)N1CCSCC1)N(C)CCc1cccs1.I. The molecule has 0 saturated carbocycles. The Balaban J connectivity index is 0.00000312. The van der Waals surface area contributed by atoms with E-state index in [1.807, 2.05) is 23.7 Å². The number of halogens is 1. The van der Waals surface area contributed by atoms with Crippen molar-refractivity contribution in [1.82, 2.24) is 14.5 Å². The maximum atomic E-state index is 12.3. The molecule has 0 radical (unpaired) electrons. The van der Waals surface area contributed by atoms with Gasteiger partial charge in [-0.25, -0.2) is 12.7 Å². The van der Waals surface area contributed by atoms with Crippen molar-refractivity contribution >= 4 is 63.1 Å². The fourth-order valence-electron chi connectivity index (χ4n) is 2.47. The van der Waals surface area contributed by atoms with Crippen molar-refractivity contribution in [3.63, 3.8) is 0 Å². The van der Waals surface area contributed by atoms with Crippen molar-refractivity contribution in [2.75, 3.05) is 57.5 Å². The van der Waals surface area contributed by atoms with Crippen LogP contribution in [-0.2, 0) is 16.4 Å². The zero-order valence-corrected chi connectivity index (χ0v) is 19.5. The van der Waals surface area contributed by atoms with Gasteiger partial charge in [0.05, 0.1) is 5.75 Å². The first-order chi connectivity index (χ1) is 11.5. The number of nitrogens with one attached hydrogen (secondary N) is 1. The number of nitrogens with zero attached hydrogens (tertiary/aromatic N) is 3. The van der Waals surface area contributed by atoms with Gasteiger partial charge in [0.15, 0.2) is 5.96 Å². The molecule has 0 bridgehead atoms. The van der Waals surface area contributed by atoms with Crippen LogP contribution in [-0.4, -0.2) is 81.1 Å². The third kappa shape index (κ3) is 7.61. The van der Waals surface area contributed by atoms with Gasteiger partial charge in [-0.05, 0) is 17.9 Å². The van der Waals surface area contributed by atoms with Crippen molar-refractivity contribution < 1.29 is 8.42 Å². The standard InChI is InChI=1S/C15H26N4O2S3.HI/c1-16-15(18(2)7-5-14-4-3-10-23-14)17-6-13-24(20,21)19-8-11-22-12-9-19;/h3-4,10H,5-9,11-13H2,1-2H3,(H,16,17);1H. The molecular formula is C15H27IN4O2S3. The third-order valence-electron chi connectivity index (χ3n) is 3.85. The Morgan fingerprint density at radius 2 is 2.12 bits per heavy atom. The number of rotatable bonds is 7. The van der Waals surface area contributed by atoms with Crippen LogP contribution in [0.5, 0.6) is 0 Å². The van der Waals surface area contributed by atoms with Crippen molar-refractivity contribution in [2.24, 2.45) is 4.99 Å². The van der Waals surface area contributed by atoms with Crippen molar-refractivity contribution in [1.29, 1.82) is 0 Å². The molecule has 1 N–H and O–H groups in total. The first-order valence-corrected chi connectivity index (χ1v) is 11.7. The van der Waals surface area contributed by atoms with Gasteiger partial charge < -0.3 is 10.2 Å². The second-order valence-electron chi connectivity index (χ2n) is 5.55. The van der Waals surface area contributed by atoms with Gasteiger partial charge >= 0.3 is 0 Å². The third-order valence-corrected chi connectivity index (χ3v) is 7.60. The molecule has 144 valence electrons. The van der Waals surface area contributed by atoms with E-state index in [-0.39, 0.29) is 29.7 Å². The summed E-state index contributed by atoms with van der Waals surface area (Å²) >= 11 is 3.56. The number of thiophene rings is 1. The van der Waals surface area contributed by atoms with Crippen molar-refractivity contribution in [2.45, 2.75) is 6.42 Å². The quantitative estimate of drug-likeness (QED) is 0.339. The number of sulfonamides is 1. The molecular weight excluding hydrogens is 491 g/mol. The summed E-state index contributed by atoms with van der Waals surface area (Å²) in [7, 11) is 0.519. The average molecular weight is 519 g/mol. The van der Waals surface area contributed by atoms with Crippen LogP contribution in [0.4, 0.5) is 0 Å². The number of hydrogen-bond acceptors (Lipinski definition) is 5. The van der Waals surface area contributed by atoms with Crippen LogP contribution >= 0.6 is 47.1 Å². The lowest BCUT2D eigenvalue weighted by atomic mass is 10.3. The smallest absolute Gasteiger partial charge is 0.215 e. The summed E-state index contributed by atoms with van der Waals surface area (Å²) in [6.45, 7) is 2.48. The predicted octanol–water partition coefficient (Wildman–Crippen LogP) is 1.79. The van der Waals surface area contributed by atoms with Crippen molar-refractivity contribution in [3.8, 4) is 0 Å². The summed E-state index contributed by atoms with van der Waals surface area (Å²) in [5, 5.41) is 5.24. The Kier molecular flexibility index (Phi) is 10.7. The first-order valence-electron chi connectivity index (χ1n) is 8.02. The van der Waals surface area contributed by atoms with Crippen LogP contribution in [0.2, 0.25) is 0 Å². The van der Waals surface area contributed by atoms with Crippen LogP contribution in [0.3, 0.4) is 0 Å². The molecule has 0 aromatic carbocycles. The van der Waals surface area contributed by atoms with E-state index < -0.39 is 10.0 Å². The summed E-state index contributed by atoms with van der Waals surface area (Å²) in [5.41, 5.74) is 0. The monoisotopic (exact) mass is 518 g/mol. The Morgan fingerprint density at radius 1 is 1.40 bits per heavy atom. The average Bonchev–Trinajstić information content (AvgIpc) is 3.11. The molecule has 0 amide bonds. The molecule has 1 aliphatic heterocycles. The molecule has 1 aromatic rings. The summed E-state index contributed by atoms with van der Waals surface area (Å²) < 4.78 is 26.3. The predicted molar refractivity (Wildman–Crippen MR) is 120 cm³/mol. The van der Waals surface area contributed by atoms with Crippen LogP contribution in [0.25, 0.3) is 0 Å². The minimum atomic E-state index is -3.18. The van der Waals surface area contributed by atoms with Gasteiger partial charge in [0, 0.05) is 56.7 Å². The van der Waals surface area contributed by atoms with E-state index in [0.717, 1.165) is 30.4 Å². The zero-order chi connectivity index (χ0) is 17.4. The highest BCUT2D eigenvalue weighted by molar-refractivity contribution is 14.0. The van der Waals surface area contributed by atoms with Gasteiger partial charge in [-0.1, -0.05) is 6.07 Å². The molecule has 1 aliphatic rings. The van der Waals surface area contributed by atoms with Gasteiger partial charge in [-0.3, -0.25) is 4.99 Å². The second-order valence-corrected chi connectivity index (χ2v) is 9.90. The number of hydrogen-bond donors (Lipinski definition) is 1. The van der Waals surface area contributed by atoms with E-state index in [4.69, 9.17) is 0 Å². The van der Waals surface area contributed by atoms with E-state index in [9.17, 15) is 8.42 Å². The number of aliphatic imine (C=N–C) groups is 1. The van der Waals surface area contributed by atoms with E-state index in [1.165, 1.54) is 4.88 Å². The van der Waals surface area contributed by atoms with E-state index >= 15 is 0 Å².